The van der Waals surface area contributed by atoms with Crippen LogP contribution in [0.3, 0.4) is 0 Å². The Hall–Kier alpha value is -0.980. The Kier molecular flexibility index (Phi) is 3.87. The number of carbonyl (C=O) groups is 1. The Balaban J connectivity index is 1.78. The highest BCUT2D eigenvalue weighted by molar-refractivity contribution is 7.13. The molecule has 1 fully saturated rings. The summed E-state index contributed by atoms with van der Waals surface area (Å²) in [6.07, 6.45) is 3.81. The average molecular weight is 240 g/mol. The van der Waals surface area contributed by atoms with Gasteiger partial charge < -0.3 is 11.1 Å². The number of rotatable bonds is 3. The number of anilines is 1. The van der Waals surface area contributed by atoms with Gasteiger partial charge >= 0.3 is 0 Å². The number of amides is 1. The minimum atomic E-state index is -0.0101. The number of likely N-dealkylation sites (tertiary alicyclic amines) is 1. The van der Waals surface area contributed by atoms with Crippen LogP contribution in [-0.4, -0.2) is 41.5 Å². The van der Waals surface area contributed by atoms with E-state index in [2.05, 4.69) is 15.2 Å². The number of nitrogens with zero attached hydrogens (tertiary/aromatic N) is 2. The molecule has 0 unspecified atom stereocenters. The smallest absolute Gasteiger partial charge is 0.240 e. The number of hydrogen-bond acceptors (Lipinski definition) is 5. The fourth-order valence-electron chi connectivity index (χ4n) is 1.88. The van der Waals surface area contributed by atoms with E-state index in [0.29, 0.717) is 11.7 Å². The van der Waals surface area contributed by atoms with Crippen LogP contribution in [0.2, 0.25) is 0 Å². The predicted octanol–water partition coefficient (Wildman–Crippen LogP) is 0.505. The summed E-state index contributed by atoms with van der Waals surface area (Å²) < 4.78 is 0. The molecule has 1 aliphatic heterocycles. The van der Waals surface area contributed by atoms with Crippen LogP contribution in [0.1, 0.15) is 12.8 Å². The van der Waals surface area contributed by atoms with E-state index < -0.39 is 0 Å². The van der Waals surface area contributed by atoms with Crippen molar-refractivity contribution in [1.29, 1.82) is 0 Å². The highest BCUT2D eigenvalue weighted by Gasteiger charge is 2.18. The molecule has 0 spiro atoms. The number of thiazole rings is 1. The molecule has 5 nitrogen and oxygen atoms in total. The second kappa shape index (κ2) is 5.38. The number of aromatic nitrogens is 1. The molecule has 3 N–H and O–H groups in total. The van der Waals surface area contributed by atoms with Crippen molar-refractivity contribution >= 4 is 22.4 Å². The van der Waals surface area contributed by atoms with Crippen molar-refractivity contribution in [2.24, 2.45) is 5.73 Å². The molecular formula is C10H16N4OS. The van der Waals surface area contributed by atoms with E-state index in [1.807, 2.05) is 5.38 Å². The average Bonchev–Trinajstić information content (AvgIpc) is 2.70. The Morgan fingerprint density at radius 1 is 1.75 bits per heavy atom. The molecule has 0 aliphatic carbocycles. The molecule has 0 saturated carbocycles. The van der Waals surface area contributed by atoms with Crippen LogP contribution in [0.25, 0.3) is 0 Å². The fourth-order valence-corrected chi connectivity index (χ4v) is 2.43. The van der Waals surface area contributed by atoms with Crippen molar-refractivity contribution in [3.05, 3.63) is 11.6 Å². The number of piperidine rings is 1. The van der Waals surface area contributed by atoms with E-state index in [-0.39, 0.29) is 11.9 Å². The van der Waals surface area contributed by atoms with Crippen molar-refractivity contribution in [3.63, 3.8) is 0 Å². The van der Waals surface area contributed by atoms with Gasteiger partial charge in [0, 0.05) is 24.2 Å². The van der Waals surface area contributed by atoms with Crippen LogP contribution in [0.5, 0.6) is 0 Å². The summed E-state index contributed by atoms with van der Waals surface area (Å²) in [4.78, 5) is 17.8. The van der Waals surface area contributed by atoms with E-state index in [0.717, 1.165) is 25.9 Å². The summed E-state index contributed by atoms with van der Waals surface area (Å²) >= 11 is 1.43. The van der Waals surface area contributed by atoms with Gasteiger partial charge in [-0.15, -0.1) is 11.3 Å². The second-order valence-corrected chi connectivity index (χ2v) is 4.92. The van der Waals surface area contributed by atoms with Crippen molar-refractivity contribution in [2.45, 2.75) is 18.9 Å². The molecular weight excluding hydrogens is 224 g/mol. The summed E-state index contributed by atoms with van der Waals surface area (Å²) in [7, 11) is 0. The van der Waals surface area contributed by atoms with Crippen LogP contribution in [0.4, 0.5) is 5.13 Å². The van der Waals surface area contributed by atoms with Gasteiger partial charge in [-0.2, -0.15) is 0 Å². The van der Waals surface area contributed by atoms with E-state index in [1.165, 1.54) is 11.3 Å². The standard InChI is InChI=1S/C10H16N4OS/c11-8-2-1-4-14(6-8)7-9(15)13-10-12-3-5-16-10/h3,5,8H,1-2,4,6-7,11H2,(H,12,13,15)/t8-/m1/s1. The minimum Gasteiger partial charge on any atom is -0.327 e. The molecule has 1 saturated heterocycles. The summed E-state index contributed by atoms with van der Waals surface area (Å²) in [6, 6.07) is 0.210. The maximum atomic E-state index is 11.7. The van der Waals surface area contributed by atoms with Gasteiger partial charge in [0.25, 0.3) is 0 Å². The number of carbonyl (C=O) groups excluding carboxylic acids is 1. The molecule has 6 heteroatoms. The van der Waals surface area contributed by atoms with Gasteiger partial charge in [0.1, 0.15) is 0 Å². The number of nitrogens with two attached hydrogens (primary N) is 1. The third kappa shape index (κ3) is 3.26. The van der Waals surface area contributed by atoms with Gasteiger partial charge in [-0.05, 0) is 19.4 Å². The van der Waals surface area contributed by atoms with Gasteiger partial charge in [-0.1, -0.05) is 0 Å². The third-order valence-corrected chi connectivity index (χ3v) is 3.28. The molecule has 1 aromatic rings. The molecule has 2 rings (SSSR count). The Morgan fingerprint density at radius 2 is 2.62 bits per heavy atom. The molecule has 88 valence electrons. The van der Waals surface area contributed by atoms with E-state index >= 15 is 0 Å². The highest BCUT2D eigenvalue weighted by Crippen LogP contribution is 2.11. The SMILES string of the molecule is N[C@@H]1CCCN(CC(=O)Nc2nccs2)C1. The summed E-state index contributed by atoms with van der Waals surface area (Å²) in [6.45, 7) is 2.18. The Labute approximate surface area is 98.7 Å². The zero-order valence-electron chi connectivity index (χ0n) is 9.06. The van der Waals surface area contributed by atoms with E-state index in [4.69, 9.17) is 5.73 Å². The van der Waals surface area contributed by atoms with Gasteiger partial charge in [0.15, 0.2) is 5.13 Å². The van der Waals surface area contributed by atoms with E-state index in [9.17, 15) is 4.79 Å². The first-order chi connectivity index (χ1) is 7.74. The summed E-state index contributed by atoms with van der Waals surface area (Å²) in [5.74, 6) is -0.0101. The quantitative estimate of drug-likeness (QED) is 0.807. The lowest BCUT2D eigenvalue weighted by Crippen LogP contribution is -2.45. The lowest BCUT2D eigenvalue weighted by Gasteiger charge is -2.29. The number of nitrogens with one attached hydrogen (secondary N) is 1. The maximum absolute atomic E-state index is 11.7. The number of hydrogen-bond donors (Lipinski definition) is 2. The Morgan fingerprint density at radius 3 is 3.31 bits per heavy atom. The molecule has 1 amide bonds. The minimum absolute atomic E-state index is 0.0101. The summed E-state index contributed by atoms with van der Waals surface area (Å²) in [5, 5.41) is 5.27. The third-order valence-electron chi connectivity index (χ3n) is 2.59. The predicted molar refractivity (Wildman–Crippen MR) is 64.4 cm³/mol. The monoisotopic (exact) mass is 240 g/mol. The zero-order chi connectivity index (χ0) is 11.4. The highest BCUT2D eigenvalue weighted by atomic mass is 32.1. The molecule has 1 aromatic heterocycles. The maximum Gasteiger partial charge on any atom is 0.240 e. The van der Waals surface area contributed by atoms with Crippen LogP contribution in [0.15, 0.2) is 11.6 Å². The summed E-state index contributed by atoms with van der Waals surface area (Å²) in [5.41, 5.74) is 5.85. The first-order valence-corrected chi connectivity index (χ1v) is 6.29. The van der Waals surface area contributed by atoms with Crippen LogP contribution >= 0.6 is 11.3 Å². The molecule has 0 aromatic carbocycles. The topological polar surface area (TPSA) is 71.2 Å². The van der Waals surface area contributed by atoms with Gasteiger partial charge in [-0.25, -0.2) is 4.98 Å². The largest absolute Gasteiger partial charge is 0.327 e. The molecule has 2 heterocycles. The van der Waals surface area contributed by atoms with Crippen LogP contribution in [0, 0.1) is 0 Å². The van der Waals surface area contributed by atoms with Gasteiger partial charge in [0.2, 0.25) is 5.91 Å². The molecule has 1 aliphatic rings. The van der Waals surface area contributed by atoms with E-state index in [1.54, 1.807) is 6.20 Å². The second-order valence-electron chi connectivity index (χ2n) is 4.02. The molecule has 0 bridgehead atoms. The van der Waals surface area contributed by atoms with Gasteiger partial charge in [0.05, 0.1) is 6.54 Å². The first kappa shape index (κ1) is 11.5. The van der Waals surface area contributed by atoms with Crippen molar-refractivity contribution in [3.8, 4) is 0 Å². The van der Waals surface area contributed by atoms with Gasteiger partial charge in [-0.3, -0.25) is 9.69 Å². The van der Waals surface area contributed by atoms with Crippen molar-refractivity contribution in [2.75, 3.05) is 25.0 Å². The molecule has 16 heavy (non-hydrogen) atoms. The van der Waals surface area contributed by atoms with Crippen molar-refractivity contribution < 1.29 is 4.79 Å². The first-order valence-electron chi connectivity index (χ1n) is 5.41. The normalized spacial score (nSPS) is 21.9. The molecule has 1 atom stereocenters. The fraction of sp³-hybridized carbons (Fsp3) is 0.600. The van der Waals surface area contributed by atoms with Crippen LogP contribution in [-0.2, 0) is 4.79 Å². The lowest BCUT2D eigenvalue weighted by atomic mass is 10.1. The van der Waals surface area contributed by atoms with Crippen molar-refractivity contribution in [1.82, 2.24) is 9.88 Å². The van der Waals surface area contributed by atoms with Crippen LogP contribution < -0.4 is 11.1 Å². The Bertz CT molecular complexity index is 341. The lowest BCUT2D eigenvalue weighted by molar-refractivity contribution is -0.117. The zero-order valence-corrected chi connectivity index (χ0v) is 9.87. The molecule has 0 radical (unpaired) electrons.